The highest BCUT2D eigenvalue weighted by Gasteiger charge is 2.26. The second-order valence-corrected chi connectivity index (χ2v) is 7.89. The van der Waals surface area contributed by atoms with Crippen molar-refractivity contribution in [1.82, 2.24) is 9.88 Å². The maximum absolute atomic E-state index is 13.1. The molecular weight excluding hydrogens is 384 g/mol. The first-order valence-corrected chi connectivity index (χ1v) is 10.7. The first-order valence-electron chi connectivity index (χ1n) is 10.7. The van der Waals surface area contributed by atoms with Crippen LogP contribution in [0, 0.1) is 6.92 Å². The van der Waals surface area contributed by atoms with E-state index in [1.165, 1.54) is 11.1 Å². The number of likely N-dealkylation sites (N-methyl/N-ethyl adjacent to an activating group) is 1. The summed E-state index contributed by atoms with van der Waals surface area (Å²) in [5.41, 5.74) is 5.63. The maximum Gasteiger partial charge on any atom is 0.261 e. The summed E-state index contributed by atoms with van der Waals surface area (Å²) in [6.45, 7) is 4.17. The van der Waals surface area contributed by atoms with E-state index in [0.717, 1.165) is 28.5 Å². The minimum atomic E-state index is -0.213. The first-order chi connectivity index (χ1) is 15.1. The highest BCUT2D eigenvalue weighted by molar-refractivity contribution is 5.85. The lowest BCUT2D eigenvalue weighted by molar-refractivity contribution is -0.133. The smallest absolute Gasteiger partial charge is 0.261 e. The first kappa shape index (κ1) is 20.7. The summed E-state index contributed by atoms with van der Waals surface area (Å²) in [6, 6.07) is 24.2. The van der Waals surface area contributed by atoms with Gasteiger partial charge in [-0.2, -0.15) is 0 Å². The summed E-state index contributed by atoms with van der Waals surface area (Å²) in [5, 5.41) is 1.11. The van der Waals surface area contributed by atoms with Crippen LogP contribution in [0.3, 0.4) is 0 Å². The third-order valence-electron chi connectivity index (χ3n) is 5.78. The number of fused-ring (bicyclic) bond motifs is 1. The van der Waals surface area contributed by atoms with E-state index in [1.807, 2.05) is 49.6 Å². The Bertz CT molecular complexity index is 1160. The number of para-hydroxylation sites is 1. The zero-order valence-electron chi connectivity index (χ0n) is 18.3. The van der Waals surface area contributed by atoms with Crippen molar-refractivity contribution in [2.75, 3.05) is 13.7 Å². The minimum Gasteiger partial charge on any atom is -0.484 e. The summed E-state index contributed by atoms with van der Waals surface area (Å²) in [6.07, 6.45) is 2.98. The van der Waals surface area contributed by atoms with Gasteiger partial charge < -0.3 is 14.6 Å². The summed E-state index contributed by atoms with van der Waals surface area (Å²) < 4.78 is 5.80. The number of hydrogen-bond donors (Lipinski definition) is 1. The molecule has 0 radical (unpaired) electrons. The maximum atomic E-state index is 13.1. The van der Waals surface area contributed by atoms with Crippen molar-refractivity contribution in [2.45, 2.75) is 26.3 Å². The largest absolute Gasteiger partial charge is 0.484 e. The molecule has 0 aliphatic rings. The van der Waals surface area contributed by atoms with Crippen molar-refractivity contribution in [3.8, 4) is 5.75 Å². The average Bonchev–Trinajstić information content (AvgIpc) is 3.23. The van der Waals surface area contributed by atoms with Crippen LogP contribution in [0.1, 0.15) is 35.2 Å². The standard InChI is InChI=1S/C27H28N2O2/c1-4-20-11-15-22(16-12-20)31-18-26(30)29(3)27(21-13-9-19(2)10-14-21)24-17-28-25-8-6-5-7-23(24)25/h5-17,27-28H,4,18H2,1-3H3/t27-/m1/s1. The topological polar surface area (TPSA) is 45.3 Å². The number of carbonyl (C=O) groups excluding carboxylic acids is 1. The molecule has 1 aromatic heterocycles. The molecule has 0 spiro atoms. The van der Waals surface area contributed by atoms with Crippen molar-refractivity contribution in [3.63, 3.8) is 0 Å². The molecule has 0 fully saturated rings. The molecule has 1 N–H and O–H groups in total. The van der Waals surface area contributed by atoms with Gasteiger partial charge in [0.05, 0.1) is 6.04 Å². The van der Waals surface area contributed by atoms with Gasteiger partial charge in [0.25, 0.3) is 5.91 Å². The zero-order valence-corrected chi connectivity index (χ0v) is 18.3. The Morgan fingerprint density at radius 3 is 2.42 bits per heavy atom. The second kappa shape index (κ2) is 9.09. The van der Waals surface area contributed by atoms with Gasteiger partial charge in [-0.25, -0.2) is 0 Å². The highest BCUT2D eigenvalue weighted by atomic mass is 16.5. The van der Waals surface area contributed by atoms with E-state index < -0.39 is 0 Å². The van der Waals surface area contributed by atoms with Crippen molar-refractivity contribution >= 4 is 16.8 Å². The number of H-pyrrole nitrogens is 1. The number of amides is 1. The number of aromatic nitrogens is 1. The molecule has 4 rings (SSSR count). The zero-order chi connectivity index (χ0) is 21.8. The molecule has 0 aliphatic carbocycles. The lowest BCUT2D eigenvalue weighted by Gasteiger charge is -2.29. The van der Waals surface area contributed by atoms with Crippen LogP contribution in [0.2, 0.25) is 0 Å². The van der Waals surface area contributed by atoms with Crippen LogP contribution in [0.5, 0.6) is 5.75 Å². The van der Waals surface area contributed by atoms with Gasteiger partial charge in [0.2, 0.25) is 0 Å². The molecule has 158 valence electrons. The molecule has 1 atom stereocenters. The number of nitrogens with zero attached hydrogens (tertiary/aromatic N) is 1. The molecule has 0 unspecified atom stereocenters. The van der Waals surface area contributed by atoms with Gasteiger partial charge in [0.15, 0.2) is 6.61 Å². The summed E-state index contributed by atoms with van der Waals surface area (Å²) >= 11 is 0. The van der Waals surface area contributed by atoms with E-state index in [9.17, 15) is 4.79 Å². The number of rotatable bonds is 7. The third kappa shape index (κ3) is 4.48. The molecule has 0 aliphatic heterocycles. The fourth-order valence-electron chi connectivity index (χ4n) is 3.89. The number of benzene rings is 3. The predicted molar refractivity (Wildman–Crippen MR) is 125 cm³/mol. The Kier molecular flexibility index (Phi) is 6.08. The van der Waals surface area contributed by atoms with Crippen molar-refractivity contribution in [2.24, 2.45) is 0 Å². The summed E-state index contributed by atoms with van der Waals surface area (Å²) in [4.78, 5) is 18.3. The number of nitrogens with one attached hydrogen (secondary N) is 1. The van der Waals surface area contributed by atoms with Crippen molar-refractivity contribution in [1.29, 1.82) is 0 Å². The van der Waals surface area contributed by atoms with Crippen LogP contribution in [0.15, 0.2) is 79.0 Å². The molecule has 4 nitrogen and oxygen atoms in total. The Hall–Kier alpha value is -3.53. The third-order valence-corrected chi connectivity index (χ3v) is 5.78. The Morgan fingerprint density at radius 2 is 1.71 bits per heavy atom. The molecule has 4 heteroatoms. The molecule has 1 heterocycles. The van der Waals surface area contributed by atoms with Crippen LogP contribution >= 0.6 is 0 Å². The average molecular weight is 413 g/mol. The van der Waals surface area contributed by atoms with Gasteiger partial charge in [-0.05, 0) is 42.7 Å². The van der Waals surface area contributed by atoms with Gasteiger partial charge in [0.1, 0.15) is 5.75 Å². The normalized spacial score (nSPS) is 12.0. The number of hydrogen-bond acceptors (Lipinski definition) is 2. The van der Waals surface area contributed by atoms with E-state index in [2.05, 4.69) is 55.2 Å². The van der Waals surface area contributed by atoms with Gasteiger partial charge in [-0.15, -0.1) is 0 Å². The fourth-order valence-corrected chi connectivity index (χ4v) is 3.89. The van der Waals surface area contributed by atoms with Gasteiger partial charge in [0, 0.05) is 29.7 Å². The Labute approximate surface area is 183 Å². The van der Waals surface area contributed by atoms with Crippen molar-refractivity contribution < 1.29 is 9.53 Å². The molecule has 31 heavy (non-hydrogen) atoms. The SMILES string of the molecule is CCc1ccc(OCC(=O)N(C)[C@H](c2ccc(C)cc2)c2c[nH]c3ccccc23)cc1. The van der Waals surface area contributed by atoms with Crippen molar-refractivity contribution in [3.05, 3.63) is 101 Å². The van der Waals surface area contributed by atoms with Gasteiger partial charge in [-0.3, -0.25) is 4.79 Å². The molecule has 0 saturated heterocycles. The highest BCUT2D eigenvalue weighted by Crippen LogP contribution is 2.33. The predicted octanol–water partition coefficient (Wildman–Crippen LogP) is 5.67. The molecule has 3 aromatic carbocycles. The number of aromatic amines is 1. The lowest BCUT2D eigenvalue weighted by Crippen LogP contribution is -2.35. The number of ether oxygens (including phenoxy) is 1. The molecule has 0 saturated carbocycles. The van der Waals surface area contributed by atoms with Gasteiger partial charge >= 0.3 is 0 Å². The lowest BCUT2D eigenvalue weighted by atomic mass is 9.96. The minimum absolute atomic E-state index is 0.00725. The molecule has 1 amide bonds. The molecular formula is C27H28N2O2. The Morgan fingerprint density at radius 1 is 1.00 bits per heavy atom. The quantitative estimate of drug-likeness (QED) is 0.425. The van der Waals surface area contributed by atoms with Gasteiger partial charge in [-0.1, -0.05) is 67.1 Å². The van der Waals surface area contributed by atoms with Crippen LogP contribution < -0.4 is 4.74 Å². The summed E-state index contributed by atoms with van der Waals surface area (Å²) in [7, 11) is 1.85. The van der Waals surface area contributed by atoms with Crippen LogP contribution in [-0.4, -0.2) is 29.4 Å². The van der Waals surface area contributed by atoms with E-state index in [1.54, 1.807) is 4.90 Å². The summed E-state index contributed by atoms with van der Waals surface area (Å²) in [5.74, 6) is 0.633. The fraction of sp³-hybridized carbons (Fsp3) is 0.222. The van der Waals surface area contributed by atoms with Crippen LogP contribution in [0.4, 0.5) is 0 Å². The van der Waals surface area contributed by atoms with E-state index in [-0.39, 0.29) is 18.6 Å². The second-order valence-electron chi connectivity index (χ2n) is 7.89. The molecule has 4 aromatic rings. The molecule has 0 bridgehead atoms. The van der Waals surface area contributed by atoms with E-state index in [4.69, 9.17) is 4.74 Å². The van der Waals surface area contributed by atoms with Crippen LogP contribution in [0.25, 0.3) is 10.9 Å². The Balaban J connectivity index is 1.61. The monoisotopic (exact) mass is 412 g/mol. The number of aryl methyl sites for hydroxylation is 2. The number of carbonyl (C=O) groups is 1. The van der Waals surface area contributed by atoms with E-state index >= 15 is 0 Å². The van der Waals surface area contributed by atoms with Crippen LogP contribution in [-0.2, 0) is 11.2 Å². The van der Waals surface area contributed by atoms with E-state index in [0.29, 0.717) is 5.75 Å².